The van der Waals surface area contributed by atoms with Crippen LogP contribution in [0.2, 0.25) is 0 Å². The quantitative estimate of drug-likeness (QED) is 0.526. The number of amides is 2. The fraction of sp³-hybridized carbons (Fsp3) is 0.227. The van der Waals surface area contributed by atoms with Gasteiger partial charge < -0.3 is 9.80 Å². The molecule has 0 N–H and O–H groups in total. The van der Waals surface area contributed by atoms with E-state index >= 15 is 0 Å². The largest absolute Gasteiger partial charge is 0.337 e. The maximum Gasteiger partial charge on any atom is 0.274 e. The van der Waals surface area contributed by atoms with Crippen molar-refractivity contribution in [1.82, 2.24) is 19.2 Å². The third-order valence-corrected chi connectivity index (χ3v) is 6.15. The zero-order valence-corrected chi connectivity index (χ0v) is 16.6. The molecule has 0 spiro atoms. The number of imidazole rings is 1. The van der Waals surface area contributed by atoms with Gasteiger partial charge in [0.1, 0.15) is 5.69 Å². The molecular weight excluding hydrogens is 384 g/mol. The lowest BCUT2D eigenvalue weighted by atomic mass is 10.1. The molecule has 146 valence electrons. The summed E-state index contributed by atoms with van der Waals surface area (Å²) in [7, 11) is 0. The summed E-state index contributed by atoms with van der Waals surface area (Å²) in [6, 6.07) is 14.5. The Labute approximate surface area is 172 Å². The molecule has 1 fully saturated rings. The van der Waals surface area contributed by atoms with E-state index in [1.165, 1.54) is 22.1 Å². The first kappa shape index (κ1) is 17.9. The average molecular weight is 404 g/mol. The maximum atomic E-state index is 12.9. The monoisotopic (exact) mass is 404 g/mol. The number of benzene rings is 2. The molecule has 1 aliphatic rings. The van der Waals surface area contributed by atoms with Gasteiger partial charge in [0.05, 0.1) is 0 Å². The Morgan fingerprint density at radius 2 is 1.93 bits per heavy atom. The number of carbonyl (C=O) groups is 2. The molecule has 0 atom stereocenters. The van der Waals surface area contributed by atoms with Crippen molar-refractivity contribution >= 4 is 38.9 Å². The Bertz CT molecular complexity index is 1180. The van der Waals surface area contributed by atoms with Crippen LogP contribution in [0.3, 0.4) is 0 Å². The van der Waals surface area contributed by atoms with E-state index in [1.807, 2.05) is 33.0 Å². The van der Waals surface area contributed by atoms with Gasteiger partial charge in [-0.3, -0.25) is 14.0 Å². The van der Waals surface area contributed by atoms with Crippen molar-refractivity contribution in [1.29, 1.82) is 0 Å². The first-order valence-electron chi connectivity index (χ1n) is 9.64. The molecule has 1 aliphatic heterocycles. The van der Waals surface area contributed by atoms with Gasteiger partial charge in [0.25, 0.3) is 5.91 Å². The lowest BCUT2D eigenvalue weighted by Gasteiger charge is -2.22. The lowest BCUT2D eigenvalue weighted by molar-refractivity contribution is -0.130. The van der Waals surface area contributed by atoms with Gasteiger partial charge in [-0.15, -0.1) is 11.3 Å². The summed E-state index contributed by atoms with van der Waals surface area (Å²) in [5.41, 5.74) is 1.54. The average Bonchev–Trinajstić information content (AvgIpc) is 3.29. The smallest absolute Gasteiger partial charge is 0.274 e. The molecule has 6 nitrogen and oxygen atoms in total. The van der Waals surface area contributed by atoms with E-state index in [0.29, 0.717) is 38.3 Å². The fourth-order valence-electron chi connectivity index (χ4n) is 3.79. The molecule has 7 heteroatoms. The van der Waals surface area contributed by atoms with Gasteiger partial charge in [-0.05, 0) is 22.4 Å². The molecule has 0 unspecified atom stereocenters. The summed E-state index contributed by atoms with van der Waals surface area (Å²) in [5.74, 6) is -0.0273. The highest BCUT2D eigenvalue weighted by molar-refractivity contribution is 7.15. The van der Waals surface area contributed by atoms with Gasteiger partial charge in [0.2, 0.25) is 5.91 Å². The summed E-state index contributed by atoms with van der Waals surface area (Å²) in [4.78, 5) is 34.3. The molecule has 2 amide bonds. The number of thiazole rings is 1. The molecule has 2 aromatic carbocycles. The van der Waals surface area contributed by atoms with E-state index in [-0.39, 0.29) is 11.8 Å². The van der Waals surface area contributed by atoms with Crippen LogP contribution in [0.25, 0.3) is 15.7 Å². The standard InChI is InChI=1S/C22H20N4O2S/c27-20-7-8-24(21(28)19-15-26-11-12-29-22(26)23-19)9-10-25(20)14-16-5-6-17-3-1-2-4-18(17)13-16/h1-6,11-13,15H,7-10,14H2. The third-order valence-electron chi connectivity index (χ3n) is 5.38. The highest BCUT2D eigenvalue weighted by Crippen LogP contribution is 2.19. The number of rotatable bonds is 3. The SMILES string of the molecule is O=C1CCN(C(=O)c2cn3ccsc3n2)CCN1Cc1ccc2ccccc2c1. The van der Waals surface area contributed by atoms with Crippen LogP contribution in [0.4, 0.5) is 0 Å². The molecule has 0 saturated carbocycles. The van der Waals surface area contributed by atoms with E-state index in [0.717, 1.165) is 10.5 Å². The van der Waals surface area contributed by atoms with Crippen LogP contribution >= 0.6 is 11.3 Å². The molecule has 3 heterocycles. The van der Waals surface area contributed by atoms with Crippen LogP contribution < -0.4 is 0 Å². The minimum absolute atomic E-state index is 0.0827. The van der Waals surface area contributed by atoms with Crippen LogP contribution in [0.1, 0.15) is 22.5 Å². The van der Waals surface area contributed by atoms with Crippen molar-refractivity contribution in [2.24, 2.45) is 0 Å². The van der Waals surface area contributed by atoms with Gasteiger partial charge in [-0.1, -0.05) is 36.4 Å². The van der Waals surface area contributed by atoms with Gasteiger partial charge in [-0.2, -0.15) is 0 Å². The predicted molar refractivity (Wildman–Crippen MR) is 113 cm³/mol. The molecule has 0 radical (unpaired) electrons. The van der Waals surface area contributed by atoms with Crippen molar-refractivity contribution in [2.45, 2.75) is 13.0 Å². The van der Waals surface area contributed by atoms with Crippen LogP contribution in [0.15, 0.2) is 60.2 Å². The molecule has 29 heavy (non-hydrogen) atoms. The first-order chi connectivity index (χ1) is 14.2. The summed E-state index contributed by atoms with van der Waals surface area (Å²) in [6.45, 7) is 2.03. The predicted octanol–water partition coefficient (Wildman–Crippen LogP) is 3.42. The van der Waals surface area contributed by atoms with Crippen molar-refractivity contribution in [3.63, 3.8) is 0 Å². The van der Waals surface area contributed by atoms with E-state index < -0.39 is 0 Å². The number of hydrogen-bond donors (Lipinski definition) is 0. The topological polar surface area (TPSA) is 57.9 Å². The molecule has 4 aromatic rings. The zero-order valence-electron chi connectivity index (χ0n) is 15.8. The van der Waals surface area contributed by atoms with Crippen molar-refractivity contribution in [3.05, 3.63) is 71.5 Å². The normalized spacial score (nSPS) is 15.2. The van der Waals surface area contributed by atoms with Gasteiger partial charge >= 0.3 is 0 Å². The highest BCUT2D eigenvalue weighted by atomic mass is 32.1. The second-order valence-electron chi connectivity index (χ2n) is 7.26. The number of aromatic nitrogens is 2. The van der Waals surface area contributed by atoms with Crippen molar-refractivity contribution in [2.75, 3.05) is 19.6 Å². The molecule has 5 rings (SSSR count). The van der Waals surface area contributed by atoms with Crippen LogP contribution in [0.5, 0.6) is 0 Å². The number of fused-ring (bicyclic) bond motifs is 2. The summed E-state index contributed by atoms with van der Waals surface area (Å²) in [5, 5.41) is 4.30. The molecule has 0 bridgehead atoms. The van der Waals surface area contributed by atoms with Gasteiger partial charge in [0, 0.05) is 50.4 Å². The van der Waals surface area contributed by atoms with Crippen LogP contribution in [-0.4, -0.2) is 50.6 Å². The van der Waals surface area contributed by atoms with E-state index in [2.05, 4.69) is 35.3 Å². The van der Waals surface area contributed by atoms with Gasteiger partial charge in [-0.25, -0.2) is 4.98 Å². The van der Waals surface area contributed by atoms with E-state index in [4.69, 9.17) is 0 Å². The number of carbonyl (C=O) groups excluding carboxylic acids is 2. The minimum atomic E-state index is -0.110. The Morgan fingerprint density at radius 1 is 1.07 bits per heavy atom. The van der Waals surface area contributed by atoms with E-state index in [1.54, 1.807) is 11.1 Å². The fourth-order valence-corrected chi connectivity index (χ4v) is 4.49. The second-order valence-corrected chi connectivity index (χ2v) is 8.13. The Morgan fingerprint density at radius 3 is 2.79 bits per heavy atom. The highest BCUT2D eigenvalue weighted by Gasteiger charge is 2.26. The van der Waals surface area contributed by atoms with Crippen LogP contribution in [-0.2, 0) is 11.3 Å². The Hall–Kier alpha value is -3.19. The Balaban J connectivity index is 1.30. The number of hydrogen-bond acceptors (Lipinski definition) is 4. The second kappa shape index (κ2) is 7.33. The van der Waals surface area contributed by atoms with Gasteiger partial charge in [0.15, 0.2) is 4.96 Å². The molecule has 0 aliphatic carbocycles. The first-order valence-corrected chi connectivity index (χ1v) is 10.5. The van der Waals surface area contributed by atoms with Crippen molar-refractivity contribution in [3.8, 4) is 0 Å². The number of nitrogens with zero attached hydrogens (tertiary/aromatic N) is 4. The summed E-state index contributed by atoms with van der Waals surface area (Å²) < 4.78 is 1.85. The zero-order chi connectivity index (χ0) is 19.8. The van der Waals surface area contributed by atoms with Crippen molar-refractivity contribution < 1.29 is 9.59 Å². The Kier molecular flexibility index (Phi) is 4.52. The molecule has 2 aromatic heterocycles. The minimum Gasteiger partial charge on any atom is -0.337 e. The molecule has 1 saturated heterocycles. The lowest BCUT2D eigenvalue weighted by Crippen LogP contribution is -2.35. The summed E-state index contributed by atoms with van der Waals surface area (Å²) in [6.07, 6.45) is 3.98. The third kappa shape index (κ3) is 3.49. The van der Waals surface area contributed by atoms with E-state index in [9.17, 15) is 9.59 Å². The molecular formula is C22H20N4O2S. The maximum absolute atomic E-state index is 12.9. The van der Waals surface area contributed by atoms with Crippen LogP contribution in [0, 0.1) is 0 Å². The summed E-state index contributed by atoms with van der Waals surface area (Å²) >= 11 is 1.50.